The van der Waals surface area contributed by atoms with Crippen molar-refractivity contribution >= 4 is 51.7 Å². The molecule has 0 unspecified atom stereocenters. The Morgan fingerprint density at radius 1 is 1.03 bits per heavy atom. The summed E-state index contributed by atoms with van der Waals surface area (Å²) in [5.41, 5.74) is 3.57. The fourth-order valence-corrected chi connectivity index (χ4v) is 5.08. The van der Waals surface area contributed by atoms with Crippen molar-refractivity contribution < 1.29 is 19.8 Å². The van der Waals surface area contributed by atoms with Gasteiger partial charge in [0.25, 0.3) is 0 Å². The first-order valence-electron chi connectivity index (χ1n) is 11.7. The van der Waals surface area contributed by atoms with E-state index >= 15 is 0 Å². The summed E-state index contributed by atoms with van der Waals surface area (Å²) in [4.78, 5) is 28.5. The topological polar surface area (TPSA) is 112 Å². The Morgan fingerprint density at radius 3 is 2.31 bits per heavy atom. The van der Waals surface area contributed by atoms with Crippen LogP contribution in [0.2, 0.25) is 10.0 Å². The predicted octanol–water partition coefficient (Wildman–Crippen LogP) is 6.89. The summed E-state index contributed by atoms with van der Waals surface area (Å²) in [6.45, 7) is 1.96. The van der Waals surface area contributed by atoms with E-state index in [1.54, 1.807) is 18.3 Å². The number of fused-ring (bicyclic) bond motifs is 1. The standard InChI is InChI=1S/C26H27Cl2N3O4/c1-2-3-23(32)19-13-29-22-9-4-14(15-11-20(27)25(33)21(28)12-15)10-18(22)24(19)30-16-5-7-17(8-6-16)31-26(34)35/h4,9-13,16-17,31,33H,2-3,5-8H2,1H3,(H,29,30)(H,34,35)/t16-,17-. The lowest BCUT2D eigenvalue weighted by Crippen LogP contribution is -2.39. The van der Waals surface area contributed by atoms with Gasteiger partial charge < -0.3 is 20.8 Å². The summed E-state index contributed by atoms with van der Waals surface area (Å²) in [5.74, 6) is -0.144. The maximum Gasteiger partial charge on any atom is 0.404 e. The molecule has 0 saturated heterocycles. The first kappa shape index (κ1) is 25.1. The van der Waals surface area contributed by atoms with Crippen LogP contribution in [0.25, 0.3) is 22.0 Å². The number of anilines is 1. The number of ketones is 1. The summed E-state index contributed by atoms with van der Waals surface area (Å²) in [6, 6.07) is 9.06. The number of hydrogen-bond donors (Lipinski definition) is 4. The maximum atomic E-state index is 13.0. The second kappa shape index (κ2) is 10.7. The number of carbonyl (C=O) groups excluding carboxylic acids is 1. The number of nitrogens with zero attached hydrogens (tertiary/aromatic N) is 1. The Labute approximate surface area is 213 Å². The van der Waals surface area contributed by atoms with Crippen molar-refractivity contribution in [3.63, 3.8) is 0 Å². The van der Waals surface area contributed by atoms with Crippen molar-refractivity contribution in [1.29, 1.82) is 0 Å². The zero-order valence-corrected chi connectivity index (χ0v) is 20.8. The van der Waals surface area contributed by atoms with E-state index in [9.17, 15) is 14.7 Å². The number of carboxylic acid groups (broad SMARTS) is 1. The van der Waals surface area contributed by atoms with Crippen LogP contribution in [0, 0.1) is 0 Å². The molecule has 1 aliphatic rings. The molecule has 1 aliphatic carbocycles. The van der Waals surface area contributed by atoms with Gasteiger partial charge in [-0.05, 0) is 67.5 Å². The van der Waals surface area contributed by atoms with Gasteiger partial charge in [0.05, 0.1) is 26.8 Å². The van der Waals surface area contributed by atoms with Crippen molar-refractivity contribution in [3.05, 3.63) is 52.1 Å². The maximum absolute atomic E-state index is 13.0. The molecule has 1 heterocycles. The number of aromatic hydroxyl groups is 1. The summed E-state index contributed by atoms with van der Waals surface area (Å²) in [7, 11) is 0. The van der Waals surface area contributed by atoms with E-state index in [1.807, 2.05) is 25.1 Å². The van der Waals surface area contributed by atoms with Crippen LogP contribution in [0.5, 0.6) is 5.75 Å². The normalized spacial score (nSPS) is 17.8. The van der Waals surface area contributed by atoms with E-state index in [2.05, 4.69) is 15.6 Å². The summed E-state index contributed by atoms with van der Waals surface area (Å²) < 4.78 is 0. The third-order valence-electron chi connectivity index (χ3n) is 6.40. The van der Waals surface area contributed by atoms with Crippen LogP contribution in [-0.2, 0) is 0 Å². The lowest BCUT2D eigenvalue weighted by atomic mass is 9.90. The second-order valence-electron chi connectivity index (χ2n) is 8.88. The Bertz CT molecular complexity index is 1250. The van der Waals surface area contributed by atoms with Gasteiger partial charge in [-0.3, -0.25) is 9.78 Å². The van der Waals surface area contributed by atoms with E-state index < -0.39 is 6.09 Å². The molecule has 1 amide bonds. The zero-order valence-electron chi connectivity index (χ0n) is 19.3. The number of halogens is 2. The zero-order chi connectivity index (χ0) is 25.1. The highest BCUT2D eigenvalue weighted by molar-refractivity contribution is 6.37. The molecule has 4 rings (SSSR count). The fourth-order valence-electron chi connectivity index (χ4n) is 4.59. The number of carbonyl (C=O) groups is 2. The molecule has 7 nitrogen and oxygen atoms in total. The van der Waals surface area contributed by atoms with Gasteiger partial charge in [-0.1, -0.05) is 36.2 Å². The number of nitrogens with one attached hydrogen (secondary N) is 2. The van der Waals surface area contributed by atoms with Crippen molar-refractivity contribution in [2.75, 3.05) is 5.32 Å². The van der Waals surface area contributed by atoms with Gasteiger partial charge >= 0.3 is 6.09 Å². The Hall–Kier alpha value is -3.03. The molecule has 2 aromatic carbocycles. The van der Waals surface area contributed by atoms with Crippen LogP contribution in [0.3, 0.4) is 0 Å². The molecule has 0 radical (unpaired) electrons. The summed E-state index contributed by atoms with van der Waals surface area (Å²) in [6.07, 6.45) is 4.78. The summed E-state index contributed by atoms with van der Waals surface area (Å²) in [5, 5.41) is 26.2. The average molecular weight is 516 g/mol. The number of hydrogen-bond acceptors (Lipinski definition) is 5. The first-order valence-corrected chi connectivity index (χ1v) is 12.4. The van der Waals surface area contributed by atoms with Crippen molar-refractivity contribution in [2.24, 2.45) is 0 Å². The lowest BCUT2D eigenvalue weighted by Gasteiger charge is -2.30. The highest BCUT2D eigenvalue weighted by Crippen LogP contribution is 2.38. The third-order valence-corrected chi connectivity index (χ3v) is 6.98. The van der Waals surface area contributed by atoms with Crippen LogP contribution >= 0.6 is 23.2 Å². The van der Waals surface area contributed by atoms with E-state index in [0.717, 1.165) is 59.8 Å². The number of aromatic nitrogens is 1. The number of benzene rings is 2. The molecule has 4 N–H and O–H groups in total. The van der Waals surface area contributed by atoms with Gasteiger partial charge in [-0.2, -0.15) is 0 Å². The Balaban J connectivity index is 1.74. The minimum Gasteiger partial charge on any atom is -0.505 e. The van der Waals surface area contributed by atoms with Crippen LogP contribution in [-0.4, -0.2) is 39.2 Å². The smallest absolute Gasteiger partial charge is 0.404 e. The molecule has 0 bridgehead atoms. The first-order chi connectivity index (χ1) is 16.8. The van der Waals surface area contributed by atoms with Crippen LogP contribution < -0.4 is 10.6 Å². The van der Waals surface area contributed by atoms with Gasteiger partial charge in [0.15, 0.2) is 11.5 Å². The molecular weight excluding hydrogens is 489 g/mol. The van der Waals surface area contributed by atoms with Gasteiger partial charge in [-0.15, -0.1) is 0 Å². The van der Waals surface area contributed by atoms with Gasteiger partial charge in [-0.25, -0.2) is 4.79 Å². The van der Waals surface area contributed by atoms with Crippen LogP contribution in [0.1, 0.15) is 55.8 Å². The molecule has 1 fully saturated rings. The van der Waals surface area contributed by atoms with Gasteiger partial charge in [0.1, 0.15) is 0 Å². The second-order valence-corrected chi connectivity index (χ2v) is 9.70. The Morgan fingerprint density at radius 2 is 1.69 bits per heavy atom. The number of phenolic OH excluding ortho intramolecular Hbond substituents is 1. The molecule has 1 aromatic heterocycles. The number of pyridine rings is 1. The molecule has 184 valence electrons. The molecule has 3 aromatic rings. The van der Waals surface area contributed by atoms with Crippen LogP contribution in [0.15, 0.2) is 36.5 Å². The van der Waals surface area contributed by atoms with E-state index in [1.165, 1.54) is 0 Å². The highest BCUT2D eigenvalue weighted by Gasteiger charge is 2.25. The molecule has 1 saturated carbocycles. The monoisotopic (exact) mass is 515 g/mol. The van der Waals surface area contributed by atoms with Crippen molar-refractivity contribution in [1.82, 2.24) is 10.3 Å². The third kappa shape index (κ3) is 5.63. The minimum atomic E-state index is -1.00. The molecular formula is C26H27Cl2N3O4. The van der Waals surface area contributed by atoms with E-state index in [0.29, 0.717) is 12.0 Å². The molecule has 0 atom stereocenters. The number of amides is 1. The molecule has 0 spiro atoms. The van der Waals surface area contributed by atoms with Crippen LogP contribution in [0.4, 0.5) is 10.5 Å². The SMILES string of the molecule is CCCC(=O)c1cnc2ccc(-c3cc(Cl)c(O)c(Cl)c3)cc2c1N[C@H]1CC[C@H](NC(=O)O)CC1. The quantitative estimate of drug-likeness (QED) is 0.255. The molecule has 35 heavy (non-hydrogen) atoms. The van der Waals surface area contributed by atoms with Gasteiger partial charge in [0, 0.05) is 30.1 Å². The van der Waals surface area contributed by atoms with Gasteiger partial charge in [0.2, 0.25) is 0 Å². The fraction of sp³-hybridized carbons (Fsp3) is 0.346. The lowest BCUT2D eigenvalue weighted by molar-refractivity contribution is 0.0982. The van der Waals surface area contributed by atoms with Crippen molar-refractivity contribution in [2.45, 2.75) is 57.5 Å². The average Bonchev–Trinajstić information content (AvgIpc) is 2.83. The van der Waals surface area contributed by atoms with Crippen molar-refractivity contribution in [3.8, 4) is 16.9 Å². The number of Topliss-reactive ketones (excluding diaryl/α,β-unsaturated/α-hetero) is 1. The Kier molecular flexibility index (Phi) is 7.67. The largest absolute Gasteiger partial charge is 0.505 e. The van der Waals surface area contributed by atoms with E-state index in [-0.39, 0.29) is 33.7 Å². The highest BCUT2D eigenvalue weighted by atomic mass is 35.5. The number of rotatable bonds is 7. The summed E-state index contributed by atoms with van der Waals surface area (Å²) >= 11 is 12.3. The predicted molar refractivity (Wildman–Crippen MR) is 139 cm³/mol. The molecule has 9 heteroatoms. The van der Waals surface area contributed by atoms with E-state index in [4.69, 9.17) is 28.3 Å². The number of phenols is 1. The molecule has 0 aliphatic heterocycles. The minimum absolute atomic E-state index is 0.0201.